The van der Waals surface area contributed by atoms with Crippen molar-refractivity contribution in [3.8, 4) is 0 Å². The zero-order valence-electron chi connectivity index (χ0n) is 10.6. The fourth-order valence-corrected chi connectivity index (χ4v) is 1.96. The molecule has 1 amide bonds. The number of amides is 1. The van der Waals surface area contributed by atoms with Crippen molar-refractivity contribution < 1.29 is 14.3 Å². The van der Waals surface area contributed by atoms with Crippen molar-refractivity contribution in [1.29, 1.82) is 0 Å². The first-order valence-corrected chi connectivity index (χ1v) is 5.66. The summed E-state index contributed by atoms with van der Waals surface area (Å²) < 4.78 is 5.39. The van der Waals surface area contributed by atoms with Gasteiger partial charge in [0.05, 0.1) is 11.4 Å². The minimum atomic E-state index is -1.02. The number of furan rings is 1. The summed E-state index contributed by atoms with van der Waals surface area (Å²) >= 11 is 0. The largest absolute Gasteiger partial charge is 0.464 e. The molecular formula is C14H15NO3. The van der Waals surface area contributed by atoms with E-state index in [1.165, 1.54) is 4.90 Å². The van der Waals surface area contributed by atoms with Gasteiger partial charge in [0.25, 0.3) is 0 Å². The number of carbonyl (C=O) groups is 1. The average Bonchev–Trinajstić information content (AvgIpc) is 2.58. The second-order valence-electron chi connectivity index (χ2n) is 4.26. The van der Waals surface area contributed by atoms with E-state index in [4.69, 9.17) is 4.42 Å². The third kappa shape index (κ3) is 2.22. The molecule has 1 heterocycles. The molecule has 4 nitrogen and oxygen atoms in total. The maximum Gasteiger partial charge on any atom is 0.416 e. The first-order valence-electron chi connectivity index (χ1n) is 5.66. The van der Waals surface area contributed by atoms with E-state index in [2.05, 4.69) is 0 Å². The van der Waals surface area contributed by atoms with E-state index >= 15 is 0 Å². The molecule has 0 spiro atoms. The molecule has 0 bridgehead atoms. The molecular weight excluding hydrogens is 230 g/mol. The normalized spacial score (nSPS) is 10.4. The fraction of sp³-hybridized carbons (Fsp3) is 0.214. The molecule has 0 saturated heterocycles. The monoisotopic (exact) mass is 245 g/mol. The number of nitrogens with zero attached hydrogens (tertiary/aromatic N) is 1. The second-order valence-corrected chi connectivity index (χ2v) is 4.26. The van der Waals surface area contributed by atoms with Crippen LogP contribution in [0.2, 0.25) is 0 Å². The topological polar surface area (TPSA) is 53.7 Å². The van der Waals surface area contributed by atoms with Crippen LogP contribution in [0.25, 0.3) is 0 Å². The summed E-state index contributed by atoms with van der Waals surface area (Å²) in [6, 6.07) is 9.09. The number of aryl methyl sites for hydroxylation is 3. The van der Waals surface area contributed by atoms with Crippen molar-refractivity contribution in [2.75, 3.05) is 4.90 Å². The molecule has 1 aromatic heterocycles. The molecule has 4 heteroatoms. The molecule has 0 atom stereocenters. The van der Waals surface area contributed by atoms with Crippen LogP contribution in [0.3, 0.4) is 0 Å². The van der Waals surface area contributed by atoms with Crippen LogP contribution in [0.4, 0.5) is 16.2 Å². The highest BCUT2D eigenvalue weighted by Crippen LogP contribution is 2.31. The third-order valence-corrected chi connectivity index (χ3v) is 2.71. The lowest BCUT2D eigenvalue weighted by Crippen LogP contribution is -2.23. The molecule has 0 saturated carbocycles. The standard InChI is InChI=1S/C14H15NO3/c1-9-5-4-6-12(7-9)15(14(16)17)13-8-10(2)18-11(13)3/h4-8H,1-3H3,(H,16,17). The smallest absolute Gasteiger partial charge is 0.416 e. The summed E-state index contributed by atoms with van der Waals surface area (Å²) in [4.78, 5) is 12.7. The highest BCUT2D eigenvalue weighted by atomic mass is 16.4. The fourth-order valence-electron chi connectivity index (χ4n) is 1.96. The summed E-state index contributed by atoms with van der Waals surface area (Å²) in [6.45, 7) is 5.48. The van der Waals surface area contributed by atoms with Gasteiger partial charge in [-0.3, -0.25) is 0 Å². The molecule has 0 aliphatic rings. The molecule has 1 N–H and O–H groups in total. The molecule has 0 fully saturated rings. The number of anilines is 2. The summed E-state index contributed by atoms with van der Waals surface area (Å²) in [7, 11) is 0. The van der Waals surface area contributed by atoms with Crippen molar-refractivity contribution >= 4 is 17.5 Å². The Bertz CT molecular complexity index is 586. The third-order valence-electron chi connectivity index (χ3n) is 2.71. The van der Waals surface area contributed by atoms with Gasteiger partial charge in [-0.25, -0.2) is 9.69 Å². The Kier molecular flexibility index (Phi) is 3.10. The lowest BCUT2D eigenvalue weighted by molar-refractivity contribution is 0.204. The Morgan fingerprint density at radius 2 is 1.94 bits per heavy atom. The van der Waals surface area contributed by atoms with E-state index in [1.807, 2.05) is 25.1 Å². The van der Waals surface area contributed by atoms with Gasteiger partial charge in [0.2, 0.25) is 0 Å². The van der Waals surface area contributed by atoms with Crippen LogP contribution in [-0.4, -0.2) is 11.2 Å². The molecule has 1 aromatic carbocycles. The maximum atomic E-state index is 11.5. The minimum absolute atomic E-state index is 0.561. The van der Waals surface area contributed by atoms with Crippen LogP contribution < -0.4 is 4.90 Å². The first kappa shape index (κ1) is 12.2. The number of hydrogen-bond acceptors (Lipinski definition) is 2. The highest BCUT2D eigenvalue weighted by molar-refractivity contribution is 5.95. The molecule has 0 radical (unpaired) electrons. The SMILES string of the molecule is Cc1cccc(N(C(=O)O)c2cc(C)oc2C)c1. The van der Waals surface area contributed by atoms with E-state index in [0.29, 0.717) is 22.9 Å². The average molecular weight is 245 g/mol. The van der Waals surface area contributed by atoms with E-state index in [1.54, 1.807) is 26.0 Å². The van der Waals surface area contributed by atoms with E-state index < -0.39 is 6.09 Å². The van der Waals surface area contributed by atoms with Crippen molar-refractivity contribution in [1.82, 2.24) is 0 Å². The van der Waals surface area contributed by atoms with Gasteiger partial charge in [-0.1, -0.05) is 12.1 Å². The summed E-state index contributed by atoms with van der Waals surface area (Å²) in [5, 5.41) is 9.39. The van der Waals surface area contributed by atoms with Gasteiger partial charge in [0.15, 0.2) is 0 Å². The molecule has 2 rings (SSSR count). The molecule has 0 aliphatic carbocycles. The molecule has 0 unspecified atom stereocenters. The summed E-state index contributed by atoms with van der Waals surface area (Å²) in [5.74, 6) is 1.29. The summed E-state index contributed by atoms with van der Waals surface area (Å²) in [6.07, 6.45) is -1.02. The number of rotatable bonds is 2. The first-order chi connectivity index (χ1) is 8.49. The van der Waals surface area contributed by atoms with Crippen molar-refractivity contribution in [2.45, 2.75) is 20.8 Å². The van der Waals surface area contributed by atoms with Gasteiger partial charge in [0.1, 0.15) is 11.5 Å². The molecule has 0 aliphatic heterocycles. The van der Waals surface area contributed by atoms with E-state index in [0.717, 1.165) is 5.56 Å². The Hall–Kier alpha value is -2.23. The predicted molar refractivity (Wildman–Crippen MR) is 69.5 cm³/mol. The quantitative estimate of drug-likeness (QED) is 0.869. The number of hydrogen-bond donors (Lipinski definition) is 1. The van der Waals surface area contributed by atoms with Crippen LogP contribution in [0, 0.1) is 20.8 Å². The van der Waals surface area contributed by atoms with Crippen LogP contribution in [0.15, 0.2) is 34.7 Å². The zero-order chi connectivity index (χ0) is 13.3. The second kappa shape index (κ2) is 4.56. The minimum Gasteiger partial charge on any atom is -0.464 e. The molecule has 2 aromatic rings. The Morgan fingerprint density at radius 3 is 2.44 bits per heavy atom. The number of benzene rings is 1. The molecule has 18 heavy (non-hydrogen) atoms. The Morgan fingerprint density at radius 1 is 1.22 bits per heavy atom. The van der Waals surface area contributed by atoms with Crippen LogP contribution in [-0.2, 0) is 0 Å². The van der Waals surface area contributed by atoms with Gasteiger partial charge in [-0.2, -0.15) is 0 Å². The Labute approximate surface area is 105 Å². The van der Waals surface area contributed by atoms with Crippen LogP contribution >= 0.6 is 0 Å². The maximum absolute atomic E-state index is 11.5. The number of carboxylic acid groups (broad SMARTS) is 1. The van der Waals surface area contributed by atoms with Crippen LogP contribution in [0.5, 0.6) is 0 Å². The summed E-state index contributed by atoms with van der Waals surface area (Å²) in [5.41, 5.74) is 2.19. The van der Waals surface area contributed by atoms with Crippen molar-refractivity contribution in [3.05, 3.63) is 47.4 Å². The Balaban J connectivity index is 2.53. The van der Waals surface area contributed by atoms with Gasteiger partial charge in [0, 0.05) is 6.07 Å². The van der Waals surface area contributed by atoms with E-state index in [-0.39, 0.29) is 0 Å². The van der Waals surface area contributed by atoms with E-state index in [9.17, 15) is 9.90 Å². The lowest BCUT2D eigenvalue weighted by Gasteiger charge is -2.18. The van der Waals surface area contributed by atoms with Gasteiger partial charge < -0.3 is 9.52 Å². The van der Waals surface area contributed by atoms with Gasteiger partial charge in [-0.15, -0.1) is 0 Å². The zero-order valence-corrected chi connectivity index (χ0v) is 10.6. The van der Waals surface area contributed by atoms with Crippen molar-refractivity contribution in [3.63, 3.8) is 0 Å². The van der Waals surface area contributed by atoms with Crippen LogP contribution in [0.1, 0.15) is 17.1 Å². The highest BCUT2D eigenvalue weighted by Gasteiger charge is 2.21. The van der Waals surface area contributed by atoms with Gasteiger partial charge >= 0.3 is 6.09 Å². The van der Waals surface area contributed by atoms with Gasteiger partial charge in [-0.05, 0) is 38.5 Å². The van der Waals surface area contributed by atoms with Crippen molar-refractivity contribution in [2.24, 2.45) is 0 Å². The lowest BCUT2D eigenvalue weighted by atomic mass is 10.2. The predicted octanol–water partition coefficient (Wildman–Crippen LogP) is 4.02. The molecule has 94 valence electrons.